The van der Waals surface area contributed by atoms with Gasteiger partial charge in [-0.1, -0.05) is 6.07 Å². The van der Waals surface area contributed by atoms with E-state index in [4.69, 9.17) is 0 Å². The van der Waals surface area contributed by atoms with Gasteiger partial charge in [-0.3, -0.25) is 4.79 Å². The number of rotatable bonds is 2. The molecule has 1 aliphatic heterocycles. The van der Waals surface area contributed by atoms with Gasteiger partial charge in [0.1, 0.15) is 0 Å². The van der Waals surface area contributed by atoms with Crippen LogP contribution in [0.15, 0.2) is 29.6 Å². The number of aryl methyl sites for hydroxylation is 1. The molecule has 0 spiro atoms. The third-order valence-corrected chi connectivity index (χ3v) is 4.92. The van der Waals surface area contributed by atoms with Crippen LogP contribution in [0.5, 0.6) is 0 Å². The summed E-state index contributed by atoms with van der Waals surface area (Å²) in [6.07, 6.45) is 2.28. The summed E-state index contributed by atoms with van der Waals surface area (Å²) in [6.45, 7) is 1.01. The fourth-order valence-electron chi connectivity index (χ4n) is 2.17. The molecule has 3 rings (SSSR count). The van der Waals surface area contributed by atoms with E-state index in [1.807, 2.05) is 23.6 Å². The number of halogens is 1. The van der Waals surface area contributed by atoms with Crippen LogP contribution in [0.1, 0.15) is 22.3 Å². The van der Waals surface area contributed by atoms with Crippen LogP contribution in [0.25, 0.3) is 0 Å². The lowest BCUT2D eigenvalue weighted by molar-refractivity contribution is 0.102. The normalized spacial score (nSPS) is 13.5. The van der Waals surface area contributed by atoms with Gasteiger partial charge < -0.3 is 10.6 Å². The first kappa shape index (κ1) is 12.9. The zero-order valence-corrected chi connectivity index (χ0v) is 13.2. The standard InChI is InChI=1S/C14H13IN2OS/c15-13-6-10(8-19-13)14(18)17-11-4-3-9-2-1-5-16-12(9)7-11/h3-4,6-8,16H,1-2,5H2,(H,17,18). The molecule has 2 heterocycles. The van der Waals surface area contributed by atoms with Gasteiger partial charge >= 0.3 is 0 Å². The minimum atomic E-state index is -0.0464. The fraction of sp³-hybridized carbons (Fsp3) is 0.214. The lowest BCUT2D eigenvalue weighted by atomic mass is 10.0. The van der Waals surface area contributed by atoms with Crippen molar-refractivity contribution in [2.24, 2.45) is 0 Å². The molecule has 1 aromatic heterocycles. The molecule has 1 amide bonds. The number of hydrogen-bond donors (Lipinski definition) is 2. The van der Waals surface area contributed by atoms with Crippen LogP contribution in [0, 0.1) is 2.88 Å². The summed E-state index contributed by atoms with van der Waals surface area (Å²) >= 11 is 3.80. The number of carbonyl (C=O) groups excluding carboxylic acids is 1. The van der Waals surface area contributed by atoms with Gasteiger partial charge in [0, 0.05) is 23.3 Å². The molecular weight excluding hydrogens is 371 g/mol. The Morgan fingerprint density at radius 2 is 2.26 bits per heavy atom. The van der Waals surface area contributed by atoms with Gasteiger partial charge in [-0.2, -0.15) is 0 Å². The summed E-state index contributed by atoms with van der Waals surface area (Å²) in [5, 5.41) is 8.20. The molecule has 19 heavy (non-hydrogen) atoms. The molecule has 0 atom stereocenters. The molecule has 3 nitrogen and oxygen atoms in total. The number of nitrogens with one attached hydrogen (secondary N) is 2. The molecule has 98 valence electrons. The predicted octanol–water partition coefficient (Wildman–Crippen LogP) is 3.96. The van der Waals surface area contributed by atoms with Crippen molar-refractivity contribution in [3.63, 3.8) is 0 Å². The number of anilines is 2. The zero-order valence-electron chi connectivity index (χ0n) is 10.2. The Bertz CT molecular complexity index is 624. The summed E-state index contributed by atoms with van der Waals surface area (Å²) in [4.78, 5) is 12.1. The molecule has 0 saturated heterocycles. The Kier molecular flexibility index (Phi) is 3.74. The molecule has 0 radical (unpaired) electrons. The lowest BCUT2D eigenvalue weighted by Crippen LogP contribution is -2.14. The second kappa shape index (κ2) is 5.50. The van der Waals surface area contributed by atoms with E-state index < -0.39 is 0 Å². The van der Waals surface area contributed by atoms with Crippen molar-refractivity contribution in [3.05, 3.63) is 43.7 Å². The van der Waals surface area contributed by atoms with Gasteiger partial charge in [0.15, 0.2) is 0 Å². The molecular formula is C14H13IN2OS. The number of fused-ring (bicyclic) bond motifs is 1. The maximum atomic E-state index is 12.1. The van der Waals surface area contributed by atoms with E-state index in [1.165, 1.54) is 12.0 Å². The number of thiophene rings is 1. The highest BCUT2D eigenvalue weighted by Gasteiger charge is 2.11. The Labute approximate surface area is 129 Å². The predicted molar refractivity (Wildman–Crippen MR) is 88.2 cm³/mol. The van der Waals surface area contributed by atoms with Crippen molar-refractivity contribution in [1.82, 2.24) is 0 Å². The van der Waals surface area contributed by atoms with Gasteiger partial charge in [0.25, 0.3) is 5.91 Å². The average molecular weight is 384 g/mol. The molecule has 0 fully saturated rings. The van der Waals surface area contributed by atoms with E-state index in [2.05, 4.69) is 39.3 Å². The minimum absolute atomic E-state index is 0.0464. The zero-order chi connectivity index (χ0) is 13.2. The average Bonchev–Trinajstić information content (AvgIpc) is 2.85. The topological polar surface area (TPSA) is 41.1 Å². The fourth-order valence-corrected chi connectivity index (χ4v) is 3.50. The quantitative estimate of drug-likeness (QED) is 0.770. The van der Waals surface area contributed by atoms with Gasteiger partial charge in [-0.05, 0) is 59.2 Å². The van der Waals surface area contributed by atoms with Crippen LogP contribution in [-0.4, -0.2) is 12.5 Å². The molecule has 2 N–H and O–H groups in total. The van der Waals surface area contributed by atoms with Crippen molar-refractivity contribution in [2.45, 2.75) is 12.8 Å². The molecule has 1 aromatic carbocycles. The van der Waals surface area contributed by atoms with Gasteiger partial charge in [0.2, 0.25) is 0 Å². The van der Waals surface area contributed by atoms with Crippen molar-refractivity contribution in [2.75, 3.05) is 17.2 Å². The van der Waals surface area contributed by atoms with Crippen LogP contribution >= 0.6 is 33.9 Å². The highest BCUT2D eigenvalue weighted by molar-refractivity contribution is 14.1. The molecule has 0 aliphatic carbocycles. The summed E-state index contributed by atoms with van der Waals surface area (Å²) in [5.41, 5.74) is 4.04. The summed E-state index contributed by atoms with van der Waals surface area (Å²) < 4.78 is 1.12. The number of hydrogen-bond acceptors (Lipinski definition) is 3. The molecule has 0 saturated carbocycles. The molecule has 0 unspecified atom stereocenters. The van der Waals surface area contributed by atoms with E-state index in [9.17, 15) is 4.79 Å². The van der Waals surface area contributed by atoms with E-state index in [-0.39, 0.29) is 5.91 Å². The maximum Gasteiger partial charge on any atom is 0.256 e. The Morgan fingerprint density at radius 1 is 1.37 bits per heavy atom. The highest BCUT2D eigenvalue weighted by atomic mass is 127. The lowest BCUT2D eigenvalue weighted by Gasteiger charge is -2.18. The van der Waals surface area contributed by atoms with Crippen LogP contribution in [0.4, 0.5) is 11.4 Å². The summed E-state index contributed by atoms with van der Waals surface area (Å²) in [5.74, 6) is -0.0464. The van der Waals surface area contributed by atoms with Crippen molar-refractivity contribution >= 4 is 51.2 Å². The Morgan fingerprint density at radius 3 is 3.05 bits per heavy atom. The number of benzene rings is 1. The van der Waals surface area contributed by atoms with Gasteiger partial charge in [-0.15, -0.1) is 11.3 Å². The van der Waals surface area contributed by atoms with Crippen molar-refractivity contribution < 1.29 is 4.79 Å². The summed E-state index contributed by atoms with van der Waals surface area (Å²) in [6, 6.07) is 7.98. The van der Waals surface area contributed by atoms with Gasteiger partial charge in [0.05, 0.1) is 8.45 Å². The van der Waals surface area contributed by atoms with Crippen molar-refractivity contribution in [1.29, 1.82) is 0 Å². The Balaban J connectivity index is 1.78. The van der Waals surface area contributed by atoms with E-state index in [0.29, 0.717) is 0 Å². The monoisotopic (exact) mass is 384 g/mol. The third-order valence-electron chi connectivity index (χ3n) is 3.14. The first-order valence-corrected chi connectivity index (χ1v) is 8.10. The Hall–Kier alpha value is -1.08. The molecule has 1 aliphatic rings. The smallest absolute Gasteiger partial charge is 0.256 e. The second-order valence-electron chi connectivity index (χ2n) is 4.50. The summed E-state index contributed by atoms with van der Waals surface area (Å²) in [7, 11) is 0. The highest BCUT2D eigenvalue weighted by Crippen LogP contribution is 2.26. The maximum absolute atomic E-state index is 12.1. The van der Waals surface area contributed by atoms with E-state index in [1.54, 1.807) is 11.3 Å². The van der Waals surface area contributed by atoms with Gasteiger partial charge in [-0.25, -0.2) is 0 Å². The molecule has 5 heteroatoms. The minimum Gasteiger partial charge on any atom is -0.385 e. The van der Waals surface area contributed by atoms with E-state index >= 15 is 0 Å². The van der Waals surface area contributed by atoms with Crippen molar-refractivity contribution in [3.8, 4) is 0 Å². The van der Waals surface area contributed by atoms with Crippen LogP contribution in [0.2, 0.25) is 0 Å². The second-order valence-corrected chi connectivity index (χ2v) is 7.30. The SMILES string of the molecule is O=C(Nc1ccc2c(c1)NCCC2)c1csc(I)c1. The molecule has 2 aromatic rings. The third kappa shape index (κ3) is 2.92. The van der Waals surface area contributed by atoms with Crippen LogP contribution < -0.4 is 10.6 Å². The first-order valence-electron chi connectivity index (χ1n) is 6.14. The van der Waals surface area contributed by atoms with Crippen LogP contribution in [0.3, 0.4) is 0 Å². The first-order chi connectivity index (χ1) is 9.22. The number of carbonyl (C=O) groups is 1. The molecule has 0 bridgehead atoms. The van der Waals surface area contributed by atoms with E-state index in [0.717, 1.165) is 32.8 Å². The number of amides is 1. The largest absolute Gasteiger partial charge is 0.385 e. The van der Waals surface area contributed by atoms with Crippen LogP contribution in [-0.2, 0) is 6.42 Å².